The van der Waals surface area contributed by atoms with Crippen molar-refractivity contribution in [1.29, 1.82) is 0 Å². The summed E-state index contributed by atoms with van der Waals surface area (Å²) in [5, 5.41) is 5.52. The molecule has 1 aliphatic rings. The lowest BCUT2D eigenvalue weighted by molar-refractivity contribution is -0.127. The second-order valence-electron chi connectivity index (χ2n) is 7.57. The van der Waals surface area contributed by atoms with Crippen molar-refractivity contribution in [2.75, 3.05) is 19.6 Å². The molecule has 0 bridgehead atoms. The number of likely N-dealkylation sites (tertiary alicyclic amines) is 1. The van der Waals surface area contributed by atoms with Crippen LogP contribution >= 0.6 is 0 Å². The highest BCUT2D eigenvalue weighted by Crippen LogP contribution is 2.11. The maximum absolute atomic E-state index is 12.0. The number of amides is 3. The van der Waals surface area contributed by atoms with Crippen LogP contribution in [0.3, 0.4) is 0 Å². The number of alkyl carbamates (subject to hydrolysis) is 1. The largest absolute Gasteiger partial charge is 0.444 e. The van der Waals surface area contributed by atoms with E-state index in [1.165, 1.54) is 0 Å². The van der Waals surface area contributed by atoms with Gasteiger partial charge in [-0.05, 0) is 47.5 Å². The predicted octanol–water partition coefficient (Wildman–Crippen LogP) is 1.97. The zero-order valence-corrected chi connectivity index (χ0v) is 16.0. The van der Waals surface area contributed by atoms with Crippen LogP contribution in [0.25, 0.3) is 0 Å². The van der Waals surface area contributed by atoms with Gasteiger partial charge in [0.25, 0.3) is 0 Å². The van der Waals surface area contributed by atoms with Crippen molar-refractivity contribution in [3.8, 4) is 0 Å². The molecule has 0 aromatic heterocycles. The van der Waals surface area contributed by atoms with E-state index in [2.05, 4.69) is 10.6 Å². The highest BCUT2D eigenvalue weighted by Gasteiger charge is 2.23. The van der Waals surface area contributed by atoms with Crippen molar-refractivity contribution >= 4 is 17.9 Å². The molecular weight excluding hydrogens is 322 g/mol. The normalized spacial score (nSPS) is 15.3. The van der Waals surface area contributed by atoms with Crippen LogP contribution in [0.15, 0.2) is 11.6 Å². The first-order valence-electron chi connectivity index (χ1n) is 8.77. The van der Waals surface area contributed by atoms with E-state index in [9.17, 15) is 14.4 Å². The first-order chi connectivity index (χ1) is 11.6. The molecule has 3 amide bonds. The Morgan fingerprint density at radius 3 is 2.28 bits per heavy atom. The Kier molecular flexibility index (Phi) is 7.93. The minimum Gasteiger partial charge on any atom is -0.444 e. The Hall–Kier alpha value is -2.05. The predicted molar refractivity (Wildman–Crippen MR) is 96.0 cm³/mol. The monoisotopic (exact) mass is 353 g/mol. The number of allylic oxidation sites excluding steroid dienone is 1. The summed E-state index contributed by atoms with van der Waals surface area (Å²) in [6.07, 6.45) is 2.81. The lowest BCUT2D eigenvalue weighted by Crippen LogP contribution is -2.46. The number of nitrogens with zero attached hydrogens (tertiary/aromatic N) is 1. The first-order valence-corrected chi connectivity index (χ1v) is 8.77. The van der Waals surface area contributed by atoms with Gasteiger partial charge in [0.05, 0.1) is 0 Å². The summed E-state index contributed by atoms with van der Waals surface area (Å²) in [5.74, 6) is -0.0727. The first kappa shape index (κ1) is 21.0. The van der Waals surface area contributed by atoms with Crippen molar-refractivity contribution in [1.82, 2.24) is 15.5 Å². The number of hydrogen-bond donors (Lipinski definition) is 2. The van der Waals surface area contributed by atoms with Gasteiger partial charge in [-0.1, -0.05) is 5.57 Å². The summed E-state index contributed by atoms with van der Waals surface area (Å²) in [7, 11) is 0. The second kappa shape index (κ2) is 9.44. The van der Waals surface area contributed by atoms with Gasteiger partial charge in [-0.3, -0.25) is 9.59 Å². The number of carbonyl (C=O) groups excluding carboxylic acids is 3. The van der Waals surface area contributed by atoms with E-state index < -0.39 is 11.7 Å². The molecular formula is C18H31N3O4. The topological polar surface area (TPSA) is 87.7 Å². The molecule has 0 unspecified atom stereocenters. The van der Waals surface area contributed by atoms with Crippen molar-refractivity contribution in [2.24, 2.45) is 0 Å². The number of piperidine rings is 1. The molecule has 0 aromatic rings. The van der Waals surface area contributed by atoms with Crippen molar-refractivity contribution in [3.05, 3.63) is 11.6 Å². The maximum atomic E-state index is 12.0. The lowest BCUT2D eigenvalue weighted by Gasteiger charge is -2.32. The highest BCUT2D eigenvalue weighted by molar-refractivity contribution is 5.88. The van der Waals surface area contributed by atoms with E-state index >= 15 is 0 Å². The highest BCUT2D eigenvalue weighted by atomic mass is 16.6. The Bertz CT molecular complexity index is 511. The summed E-state index contributed by atoms with van der Waals surface area (Å²) in [4.78, 5) is 37.2. The second-order valence-corrected chi connectivity index (χ2v) is 7.57. The van der Waals surface area contributed by atoms with E-state index in [0.29, 0.717) is 13.1 Å². The van der Waals surface area contributed by atoms with Crippen LogP contribution in [0.1, 0.15) is 53.9 Å². The molecule has 0 atom stereocenters. The van der Waals surface area contributed by atoms with E-state index in [0.717, 1.165) is 18.4 Å². The number of rotatable bonds is 5. The standard InChI is InChI=1S/C18H31N3O4/c1-13(2)12-16(23)21-10-7-14(8-11-21)20-15(22)6-9-19-17(24)25-18(3,4)5/h12,14H,6-11H2,1-5H3,(H,19,24)(H,20,22). The molecule has 1 fully saturated rings. The van der Waals surface area contributed by atoms with Crippen LogP contribution in [-0.2, 0) is 14.3 Å². The van der Waals surface area contributed by atoms with E-state index in [1.807, 2.05) is 13.8 Å². The minimum atomic E-state index is -0.552. The molecule has 0 aliphatic carbocycles. The Morgan fingerprint density at radius 2 is 1.76 bits per heavy atom. The average molecular weight is 353 g/mol. The van der Waals surface area contributed by atoms with Gasteiger partial charge in [0.15, 0.2) is 0 Å². The Balaban J connectivity index is 2.23. The van der Waals surface area contributed by atoms with Crippen molar-refractivity contribution < 1.29 is 19.1 Å². The molecule has 2 N–H and O–H groups in total. The van der Waals surface area contributed by atoms with Crippen molar-refractivity contribution in [3.63, 3.8) is 0 Å². The Morgan fingerprint density at radius 1 is 1.16 bits per heavy atom. The van der Waals surface area contributed by atoms with Crippen LogP contribution in [0, 0.1) is 0 Å². The quantitative estimate of drug-likeness (QED) is 0.740. The minimum absolute atomic E-state index is 0.0336. The smallest absolute Gasteiger partial charge is 0.407 e. The number of hydrogen-bond acceptors (Lipinski definition) is 4. The van der Waals surface area contributed by atoms with Crippen LogP contribution in [0.5, 0.6) is 0 Å². The summed E-state index contributed by atoms with van der Waals surface area (Å²) >= 11 is 0. The third-order valence-corrected chi connectivity index (χ3v) is 3.60. The fraction of sp³-hybridized carbons (Fsp3) is 0.722. The molecule has 0 radical (unpaired) electrons. The van der Waals surface area contributed by atoms with Gasteiger partial charge in [0, 0.05) is 38.2 Å². The zero-order chi connectivity index (χ0) is 19.0. The zero-order valence-electron chi connectivity index (χ0n) is 16.0. The third-order valence-electron chi connectivity index (χ3n) is 3.60. The van der Waals surface area contributed by atoms with Gasteiger partial charge in [0.2, 0.25) is 11.8 Å². The number of nitrogens with one attached hydrogen (secondary N) is 2. The summed E-state index contributed by atoms with van der Waals surface area (Å²) in [6, 6.07) is 0.0739. The molecule has 1 aliphatic heterocycles. The SMILES string of the molecule is CC(C)=CC(=O)N1CCC(NC(=O)CCNC(=O)OC(C)(C)C)CC1. The molecule has 1 heterocycles. The van der Waals surface area contributed by atoms with Gasteiger partial charge in [-0.25, -0.2) is 4.79 Å². The molecule has 0 saturated carbocycles. The van der Waals surface area contributed by atoms with Crippen LogP contribution in [0.2, 0.25) is 0 Å². The summed E-state index contributed by atoms with van der Waals surface area (Å²) in [6.45, 7) is 10.7. The molecule has 0 aromatic carbocycles. The summed E-state index contributed by atoms with van der Waals surface area (Å²) < 4.78 is 5.11. The molecule has 1 saturated heterocycles. The maximum Gasteiger partial charge on any atom is 0.407 e. The van der Waals surface area contributed by atoms with Gasteiger partial charge in [-0.15, -0.1) is 0 Å². The molecule has 7 nitrogen and oxygen atoms in total. The lowest BCUT2D eigenvalue weighted by atomic mass is 10.0. The van der Waals surface area contributed by atoms with Crippen LogP contribution < -0.4 is 10.6 Å². The van der Waals surface area contributed by atoms with Crippen LogP contribution in [0.4, 0.5) is 4.79 Å². The van der Waals surface area contributed by atoms with E-state index in [-0.39, 0.29) is 30.8 Å². The fourth-order valence-electron chi connectivity index (χ4n) is 2.47. The molecule has 1 rings (SSSR count). The van der Waals surface area contributed by atoms with Gasteiger partial charge in [0.1, 0.15) is 5.60 Å². The third kappa shape index (κ3) is 9.12. The van der Waals surface area contributed by atoms with Crippen molar-refractivity contribution in [2.45, 2.75) is 65.5 Å². The van der Waals surface area contributed by atoms with Gasteiger partial charge >= 0.3 is 6.09 Å². The van der Waals surface area contributed by atoms with Gasteiger partial charge < -0.3 is 20.3 Å². The number of ether oxygens (including phenoxy) is 1. The van der Waals surface area contributed by atoms with E-state index in [4.69, 9.17) is 4.74 Å². The Labute approximate surface area is 150 Å². The molecule has 0 spiro atoms. The summed E-state index contributed by atoms with van der Waals surface area (Å²) in [5.41, 5.74) is 0.432. The average Bonchev–Trinajstić information content (AvgIpc) is 2.45. The molecule has 7 heteroatoms. The number of carbonyl (C=O) groups is 3. The van der Waals surface area contributed by atoms with E-state index in [1.54, 1.807) is 31.7 Å². The molecule has 142 valence electrons. The molecule has 25 heavy (non-hydrogen) atoms. The van der Waals surface area contributed by atoms with Crippen LogP contribution in [-0.4, -0.2) is 54.1 Å². The fourth-order valence-corrected chi connectivity index (χ4v) is 2.47. The van der Waals surface area contributed by atoms with Gasteiger partial charge in [-0.2, -0.15) is 0 Å².